The lowest BCUT2D eigenvalue weighted by molar-refractivity contribution is 0.482. The number of pyridine rings is 1. The molecule has 1 aromatic heterocycles. The molecule has 0 saturated carbocycles. The monoisotopic (exact) mass is 304 g/mol. The lowest BCUT2D eigenvalue weighted by Gasteiger charge is -2.17. The number of nitrogens with zero attached hydrogens (tertiary/aromatic N) is 1. The van der Waals surface area contributed by atoms with Gasteiger partial charge in [0.15, 0.2) is 0 Å². The van der Waals surface area contributed by atoms with Crippen molar-refractivity contribution >= 4 is 21.4 Å². The maximum absolute atomic E-state index is 11.2. The van der Waals surface area contributed by atoms with Crippen molar-refractivity contribution in [2.75, 3.05) is 18.6 Å². The van der Waals surface area contributed by atoms with E-state index >= 15 is 0 Å². The smallest absolute Gasteiger partial charge is 0.147 e. The van der Waals surface area contributed by atoms with Gasteiger partial charge in [-0.25, -0.2) is 8.42 Å². The molecule has 19 heavy (non-hydrogen) atoms. The highest BCUT2D eigenvalue weighted by atomic mass is 35.5. The van der Waals surface area contributed by atoms with Gasteiger partial charge in [0.25, 0.3) is 0 Å². The minimum absolute atomic E-state index is 0.0824. The molecule has 0 spiro atoms. The summed E-state index contributed by atoms with van der Waals surface area (Å²) in [6, 6.07) is 3.77. The van der Waals surface area contributed by atoms with Gasteiger partial charge in [-0.1, -0.05) is 18.5 Å². The van der Waals surface area contributed by atoms with Crippen LogP contribution in [-0.4, -0.2) is 32.0 Å². The van der Waals surface area contributed by atoms with Crippen molar-refractivity contribution in [2.24, 2.45) is 0 Å². The first-order chi connectivity index (χ1) is 8.92. The highest BCUT2D eigenvalue weighted by molar-refractivity contribution is 7.90. The second-order valence-corrected chi connectivity index (χ2v) is 7.38. The molecule has 0 fully saturated rings. The maximum atomic E-state index is 11.2. The molecule has 108 valence electrons. The first kappa shape index (κ1) is 16.4. The zero-order valence-corrected chi connectivity index (χ0v) is 13.0. The van der Waals surface area contributed by atoms with Crippen LogP contribution in [0.3, 0.4) is 0 Å². The summed E-state index contributed by atoms with van der Waals surface area (Å²) in [7, 11) is -2.90. The fourth-order valence-corrected chi connectivity index (χ4v) is 2.62. The van der Waals surface area contributed by atoms with E-state index in [1.807, 2.05) is 6.07 Å². The molecule has 0 aliphatic carbocycles. The molecule has 0 aromatic carbocycles. The first-order valence-electron chi connectivity index (χ1n) is 6.45. The molecule has 4 nitrogen and oxygen atoms in total. The molecule has 1 aromatic rings. The van der Waals surface area contributed by atoms with Gasteiger partial charge in [0.1, 0.15) is 9.84 Å². The van der Waals surface area contributed by atoms with Crippen LogP contribution < -0.4 is 5.32 Å². The van der Waals surface area contributed by atoms with Crippen molar-refractivity contribution in [3.05, 3.63) is 29.0 Å². The Kier molecular flexibility index (Phi) is 6.75. The fourth-order valence-electron chi connectivity index (χ4n) is 1.82. The first-order valence-corrected chi connectivity index (χ1v) is 8.89. The summed E-state index contributed by atoms with van der Waals surface area (Å²) in [6.45, 7) is 2.98. The summed E-state index contributed by atoms with van der Waals surface area (Å²) >= 11 is 5.82. The summed E-state index contributed by atoms with van der Waals surface area (Å²) in [5, 5.41) is 4.00. The lowest BCUT2D eigenvalue weighted by atomic mass is 10.1. The van der Waals surface area contributed by atoms with Crippen LogP contribution >= 0.6 is 11.6 Å². The molecule has 0 radical (unpaired) electrons. The molecule has 0 aliphatic heterocycles. The molecule has 1 heterocycles. The summed E-state index contributed by atoms with van der Waals surface area (Å²) in [5.74, 6) is 0.213. The number of nitrogens with one attached hydrogen (secondary N) is 1. The number of halogens is 1. The number of rotatable bonds is 8. The van der Waals surface area contributed by atoms with Gasteiger partial charge in [-0.05, 0) is 37.9 Å². The Morgan fingerprint density at radius 1 is 1.42 bits per heavy atom. The summed E-state index contributed by atoms with van der Waals surface area (Å²) in [5.41, 5.74) is 0.909. The molecule has 0 amide bonds. The topological polar surface area (TPSA) is 59.1 Å². The Hall–Kier alpha value is -0.650. The largest absolute Gasteiger partial charge is 0.309 e. The quantitative estimate of drug-likeness (QED) is 0.802. The average Bonchev–Trinajstić information content (AvgIpc) is 2.33. The van der Waals surface area contributed by atoms with Crippen molar-refractivity contribution in [3.8, 4) is 0 Å². The standard InChI is InChI=1S/C13H21ClN2O2S/c1-3-8-15-12(5-4-9-19(2,17)18)13-7-6-11(14)10-16-13/h6-7,10,12,15H,3-5,8-9H2,1-2H3. The Bertz CT molecular complexity index is 474. The second kappa shape index (κ2) is 7.82. The minimum atomic E-state index is -2.90. The van der Waals surface area contributed by atoms with E-state index in [0.717, 1.165) is 25.1 Å². The molecule has 0 bridgehead atoms. The molecular weight excluding hydrogens is 284 g/mol. The van der Waals surface area contributed by atoms with Gasteiger partial charge < -0.3 is 5.32 Å². The van der Waals surface area contributed by atoms with Crippen molar-refractivity contribution < 1.29 is 8.42 Å². The average molecular weight is 305 g/mol. The number of hydrogen-bond donors (Lipinski definition) is 1. The van der Waals surface area contributed by atoms with Crippen molar-refractivity contribution in [1.82, 2.24) is 10.3 Å². The lowest BCUT2D eigenvalue weighted by Crippen LogP contribution is -2.23. The van der Waals surface area contributed by atoms with Crippen LogP contribution in [0.4, 0.5) is 0 Å². The molecular formula is C13H21ClN2O2S. The molecule has 6 heteroatoms. The number of sulfone groups is 1. The zero-order chi connectivity index (χ0) is 14.3. The highest BCUT2D eigenvalue weighted by Crippen LogP contribution is 2.18. The third-order valence-electron chi connectivity index (χ3n) is 2.76. The van der Waals surface area contributed by atoms with E-state index in [2.05, 4.69) is 17.2 Å². The van der Waals surface area contributed by atoms with Gasteiger partial charge >= 0.3 is 0 Å². The third kappa shape index (κ3) is 6.89. The third-order valence-corrected chi connectivity index (χ3v) is 4.01. The van der Waals surface area contributed by atoms with E-state index < -0.39 is 9.84 Å². The van der Waals surface area contributed by atoms with Crippen molar-refractivity contribution in [2.45, 2.75) is 32.2 Å². The fraction of sp³-hybridized carbons (Fsp3) is 0.615. The second-order valence-electron chi connectivity index (χ2n) is 4.68. The molecule has 0 aliphatic rings. The highest BCUT2D eigenvalue weighted by Gasteiger charge is 2.13. The van der Waals surface area contributed by atoms with E-state index in [1.165, 1.54) is 6.26 Å². The normalized spacial score (nSPS) is 13.4. The van der Waals surface area contributed by atoms with E-state index in [-0.39, 0.29) is 11.8 Å². The predicted molar refractivity (Wildman–Crippen MR) is 79.2 cm³/mol. The Balaban J connectivity index is 2.63. The van der Waals surface area contributed by atoms with E-state index in [0.29, 0.717) is 11.4 Å². The maximum Gasteiger partial charge on any atom is 0.147 e. The molecule has 1 N–H and O–H groups in total. The summed E-state index contributed by atoms with van der Waals surface area (Å²) in [4.78, 5) is 4.30. The predicted octanol–water partition coefficient (Wildman–Crippen LogP) is 2.60. The SMILES string of the molecule is CCCNC(CCCS(C)(=O)=O)c1ccc(Cl)cn1. The van der Waals surface area contributed by atoms with Crippen LogP contribution in [0.5, 0.6) is 0 Å². The van der Waals surface area contributed by atoms with Crippen LogP contribution in [0.1, 0.15) is 37.9 Å². The van der Waals surface area contributed by atoms with Gasteiger partial charge in [-0.2, -0.15) is 0 Å². The van der Waals surface area contributed by atoms with Gasteiger partial charge in [-0.3, -0.25) is 4.98 Å². The van der Waals surface area contributed by atoms with Crippen LogP contribution in [-0.2, 0) is 9.84 Å². The van der Waals surface area contributed by atoms with Gasteiger partial charge in [0, 0.05) is 24.2 Å². The minimum Gasteiger partial charge on any atom is -0.309 e. The molecule has 1 unspecified atom stereocenters. The Labute approximate surface area is 120 Å². The number of aromatic nitrogens is 1. The van der Waals surface area contributed by atoms with Crippen molar-refractivity contribution in [1.29, 1.82) is 0 Å². The molecule has 1 atom stereocenters. The van der Waals surface area contributed by atoms with Crippen molar-refractivity contribution in [3.63, 3.8) is 0 Å². The van der Waals surface area contributed by atoms with E-state index in [4.69, 9.17) is 11.6 Å². The zero-order valence-electron chi connectivity index (χ0n) is 11.4. The Morgan fingerprint density at radius 3 is 2.68 bits per heavy atom. The van der Waals surface area contributed by atoms with E-state index in [1.54, 1.807) is 12.3 Å². The van der Waals surface area contributed by atoms with Gasteiger partial charge in [-0.15, -0.1) is 0 Å². The van der Waals surface area contributed by atoms with Gasteiger partial charge in [0.2, 0.25) is 0 Å². The van der Waals surface area contributed by atoms with Crippen LogP contribution in [0, 0.1) is 0 Å². The van der Waals surface area contributed by atoms with Gasteiger partial charge in [0.05, 0.1) is 10.7 Å². The van der Waals surface area contributed by atoms with E-state index in [9.17, 15) is 8.42 Å². The molecule has 1 rings (SSSR count). The van der Waals surface area contributed by atoms with Crippen LogP contribution in [0.2, 0.25) is 5.02 Å². The summed E-state index contributed by atoms with van der Waals surface area (Å²) < 4.78 is 22.3. The van der Waals surface area contributed by atoms with Crippen LogP contribution in [0.25, 0.3) is 0 Å². The Morgan fingerprint density at radius 2 is 2.16 bits per heavy atom. The van der Waals surface area contributed by atoms with Crippen LogP contribution in [0.15, 0.2) is 18.3 Å². The molecule has 0 saturated heterocycles. The summed E-state index contributed by atoms with van der Waals surface area (Å²) in [6.07, 6.45) is 5.29. The number of hydrogen-bond acceptors (Lipinski definition) is 4.